The molecule has 0 bridgehead atoms. The van der Waals surface area contributed by atoms with Gasteiger partial charge in [0, 0.05) is 18.8 Å². The van der Waals surface area contributed by atoms with E-state index in [1.54, 1.807) is 0 Å². The number of rotatable bonds is 5. The van der Waals surface area contributed by atoms with Gasteiger partial charge in [0.05, 0.1) is 5.69 Å². The van der Waals surface area contributed by atoms with Crippen molar-refractivity contribution < 1.29 is 0 Å². The molecule has 1 N–H and O–H groups in total. The topological polar surface area (TPSA) is 29.9 Å². The SMILES string of the molecule is Cc1cn(C(C)C)c(NCCC2CCCC2)n1. The van der Waals surface area contributed by atoms with Crippen LogP contribution in [-0.2, 0) is 0 Å². The molecule has 1 aromatic heterocycles. The summed E-state index contributed by atoms with van der Waals surface area (Å²) in [5.41, 5.74) is 1.10. The fraction of sp³-hybridized carbons (Fsp3) is 0.786. The van der Waals surface area contributed by atoms with Crippen LogP contribution in [0.25, 0.3) is 0 Å². The lowest BCUT2D eigenvalue weighted by atomic mass is 10.0. The third-order valence-electron chi connectivity index (χ3n) is 3.72. The molecule has 1 aliphatic carbocycles. The number of nitrogens with zero attached hydrogens (tertiary/aromatic N) is 2. The molecular weight excluding hydrogens is 210 g/mol. The third kappa shape index (κ3) is 3.24. The summed E-state index contributed by atoms with van der Waals surface area (Å²) in [6, 6.07) is 0.477. The van der Waals surface area contributed by atoms with Gasteiger partial charge in [-0.3, -0.25) is 0 Å². The Balaban J connectivity index is 1.85. The van der Waals surface area contributed by atoms with Crippen molar-refractivity contribution in [1.29, 1.82) is 0 Å². The largest absolute Gasteiger partial charge is 0.356 e. The van der Waals surface area contributed by atoms with Gasteiger partial charge in [-0.05, 0) is 33.1 Å². The van der Waals surface area contributed by atoms with E-state index in [4.69, 9.17) is 0 Å². The summed E-state index contributed by atoms with van der Waals surface area (Å²) in [6.07, 6.45) is 9.15. The number of anilines is 1. The van der Waals surface area contributed by atoms with Crippen LogP contribution in [0.4, 0.5) is 5.95 Å². The molecule has 0 saturated heterocycles. The van der Waals surface area contributed by atoms with E-state index in [9.17, 15) is 0 Å². The van der Waals surface area contributed by atoms with Crippen LogP contribution in [0.5, 0.6) is 0 Å². The van der Waals surface area contributed by atoms with Crippen molar-refractivity contribution >= 4 is 5.95 Å². The monoisotopic (exact) mass is 235 g/mol. The second-order valence-corrected chi connectivity index (χ2v) is 5.57. The Bertz CT molecular complexity index is 348. The Hall–Kier alpha value is -0.990. The fourth-order valence-electron chi connectivity index (χ4n) is 2.73. The molecule has 0 unspecified atom stereocenters. The molecular formula is C14H25N3. The second kappa shape index (κ2) is 5.56. The highest BCUT2D eigenvalue weighted by molar-refractivity contribution is 5.29. The zero-order valence-corrected chi connectivity index (χ0v) is 11.4. The highest BCUT2D eigenvalue weighted by Crippen LogP contribution is 2.27. The summed E-state index contributed by atoms with van der Waals surface area (Å²) in [6.45, 7) is 7.52. The van der Waals surface area contributed by atoms with Gasteiger partial charge in [-0.2, -0.15) is 0 Å². The summed E-state index contributed by atoms with van der Waals surface area (Å²) in [5, 5.41) is 3.49. The van der Waals surface area contributed by atoms with Crippen LogP contribution in [0.1, 0.15) is 57.7 Å². The van der Waals surface area contributed by atoms with Gasteiger partial charge in [0.15, 0.2) is 0 Å². The van der Waals surface area contributed by atoms with E-state index in [-0.39, 0.29) is 0 Å². The molecule has 0 aliphatic heterocycles. The van der Waals surface area contributed by atoms with E-state index < -0.39 is 0 Å². The van der Waals surface area contributed by atoms with E-state index in [2.05, 4.69) is 41.8 Å². The van der Waals surface area contributed by atoms with Gasteiger partial charge in [-0.1, -0.05) is 25.7 Å². The van der Waals surface area contributed by atoms with Crippen LogP contribution in [0, 0.1) is 12.8 Å². The standard InChI is InChI=1S/C14H25N3/c1-11(2)17-10-12(3)16-14(17)15-9-8-13-6-4-5-7-13/h10-11,13H,4-9H2,1-3H3,(H,15,16). The van der Waals surface area contributed by atoms with Crippen molar-refractivity contribution in [2.75, 3.05) is 11.9 Å². The minimum atomic E-state index is 0.477. The first kappa shape index (κ1) is 12.5. The number of hydrogen-bond donors (Lipinski definition) is 1. The molecule has 1 fully saturated rings. The van der Waals surface area contributed by atoms with E-state index in [0.717, 1.165) is 24.1 Å². The average molecular weight is 235 g/mol. The first-order valence-electron chi connectivity index (χ1n) is 6.96. The Labute approximate surface area is 105 Å². The molecule has 0 aromatic carbocycles. The normalized spacial score (nSPS) is 16.9. The molecule has 17 heavy (non-hydrogen) atoms. The number of imidazole rings is 1. The lowest BCUT2D eigenvalue weighted by Gasteiger charge is -2.14. The van der Waals surface area contributed by atoms with Crippen molar-refractivity contribution in [2.45, 2.75) is 58.9 Å². The van der Waals surface area contributed by atoms with E-state index in [0.29, 0.717) is 6.04 Å². The molecule has 3 heteroatoms. The molecule has 0 amide bonds. The van der Waals surface area contributed by atoms with Crippen molar-refractivity contribution in [3.8, 4) is 0 Å². The van der Waals surface area contributed by atoms with Crippen LogP contribution in [0.2, 0.25) is 0 Å². The maximum atomic E-state index is 4.55. The van der Waals surface area contributed by atoms with Gasteiger partial charge in [0.25, 0.3) is 0 Å². The first-order chi connectivity index (χ1) is 8.16. The molecule has 1 saturated carbocycles. The molecule has 0 spiro atoms. The van der Waals surface area contributed by atoms with Crippen molar-refractivity contribution in [3.63, 3.8) is 0 Å². The molecule has 1 aliphatic rings. The van der Waals surface area contributed by atoms with Gasteiger partial charge >= 0.3 is 0 Å². The second-order valence-electron chi connectivity index (χ2n) is 5.57. The number of aryl methyl sites for hydroxylation is 1. The van der Waals surface area contributed by atoms with Crippen LogP contribution in [0.3, 0.4) is 0 Å². The highest BCUT2D eigenvalue weighted by Gasteiger charge is 2.15. The van der Waals surface area contributed by atoms with Gasteiger partial charge in [0.1, 0.15) is 0 Å². The number of aromatic nitrogens is 2. The van der Waals surface area contributed by atoms with E-state index in [1.165, 1.54) is 32.1 Å². The molecule has 0 radical (unpaired) electrons. The van der Waals surface area contributed by atoms with E-state index >= 15 is 0 Å². The molecule has 0 atom stereocenters. The summed E-state index contributed by atoms with van der Waals surface area (Å²) in [5.74, 6) is 1.99. The lowest BCUT2D eigenvalue weighted by Crippen LogP contribution is -2.12. The Morgan fingerprint density at radius 2 is 2.12 bits per heavy atom. The maximum absolute atomic E-state index is 4.55. The molecule has 1 heterocycles. The van der Waals surface area contributed by atoms with Crippen LogP contribution in [-0.4, -0.2) is 16.1 Å². The first-order valence-corrected chi connectivity index (χ1v) is 6.96. The predicted molar refractivity (Wildman–Crippen MR) is 72.4 cm³/mol. The van der Waals surface area contributed by atoms with Crippen molar-refractivity contribution in [3.05, 3.63) is 11.9 Å². The fourth-order valence-corrected chi connectivity index (χ4v) is 2.73. The van der Waals surface area contributed by atoms with Crippen LogP contribution >= 0.6 is 0 Å². The molecule has 2 rings (SSSR count). The zero-order chi connectivity index (χ0) is 12.3. The summed E-state index contributed by atoms with van der Waals surface area (Å²) < 4.78 is 2.23. The Morgan fingerprint density at radius 1 is 1.41 bits per heavy atom. The summed E-state index contributed by atoms with van der Waals surface area (Å²) >= 11 is 0. The maximum Gasteiger partial charge on any atom is 0.203 e. The van der Waals surface area contributed by atoms with Gasteiger partial charge < -0.3 is 9.88 Å². The quantitative estimate of drug-likeness (QED) is 0.842. The van der Waals surface area contributed by atoms with E-state index in [1.807, 2.05) is 0 Å². The summed E-state index contributed by atoms with van der Waals surface area (Å²) in [7, 11) is 0. The van der Waals surface area contributed by atoms with Crippen molar-refractivity contribution in [1.82, 2.24) is 9.55 Å². The Morgan fingerprint density at radius 3 is 2.76 bits per heavy atom. The highest BCUT2D eigenvalue weighted by atomic mass is 15.2. The predicted octanol–water partition coefficient (Wildman–Crippen LogP) is 3.76. The summed E-state index contributed by atoms with van der Waals surface area (Å²) in [4.78, 5) is 4.55. The van der Waals surface area contributed by atoms with Crippen LogP contribution < -0.4 is 5.32 Å². The van der Waals surface area contributed by atoms with Gasteiger partial charge in [-0.15, -0.1) is 0 Å². The van der Waals surface area contributed by atoms with Crippen molar-refractivity contribution in [2.24, 2.45) is 5.92 Å². The third-order valence-corrected chi connectivity index (χ3v) is 3.72. The van der Waals surface area contributed by atoms with Gasteiger partial charge in [-0.25, -0.2) is 4.98 Å². The zero-order valence-electron chi connectivity index (χ0n) is 11.4. The number of nitrogens with one attached hydrogen (secondary N) is 1. The van der Waals surface area contributed by atoms with Gasteiger partial charge in [0.2, 0.25) is 5.95 Å². The minimum absolute atomic E-state index is 0.477. The average Bonchev–Trinajstić information content (AvgIpc) is 2.88. The smallest absolute Gasteiger partial charge is 0.203 e. The molecule has 3 nitrogen and oxygen atoms in total. The lowest BCUT2D eigenvalue weighted by molar-refractivity contribution is 0.515. The molecule has 1 aromatic rings. The number of hydrogen-bond acceptors (Lipinski definition) is 2. The molecule has 96 valence electrons. The minimum Gasteiger partial charge on any atom is -0.356 e. The van der Waals surface area contributed by atoms with Crippen LogP contribution in [0.15, 0.2) is 6.20 Å². The Kier molecular flexibility index (Phi) is 4.08.